The Morgan fingerprint density at radius 1 is 0.598 bits per heavy atom. The number of hydrogen-bond acceptors (Lipinski definition) is 12. The average molecular weight is 1830 g/mol. The molecule has 19 nitrogen and oxygen atoms in total. The molecule has 540 valence electrons. The van der Waals surface area contributed by atoms with E-state index in [0.29, 0.717) is 44.6 Å². The third kappa shape index (κ3) is 39.3. The van der Waals surface area contributed by atoms with Crippen molar-refractivity contribution in [1.29, 1.82) is 0 Å². The van der Waals surface area contributed by atoms with E-state index in [0.717, 1.165) is 72.8 Å². The Bertz CT molecular complexity index is 2980. The molecule has 0 spiro atoms. The molecule has 0 atom stereocenters. The number of hydrogen-bond donors (Lipinski definition) is 0. The van der Waals surface area contributed by atoms with Gasteiger partial charge in [0, 0.05) is 124 Å². The first kappa shape index (κ1) is 94.0. The van der Waals surface area contributed by atoms with Crippen LogP contribution in [0.3, 0.4) is 0 Å². The summed E-state index contributed by atoms with van der Waals surface area (Å²) in [5.74, 6) is 3.70. The predicted octanol–water partition coefficient (Wildman–Crippen LogP) is 15.5. The maximum absolute atomic E-state index is 12.3. The molecule has 5 heterocycles. The number of carbonyl (C=O) groups is 3. The van der Waals surface area contributed by atoms with Crippen LogP contribution in [0, 0.1) is 32.6 Å². The van der Waals surface area contributed by atoms with Crippen molar-refractivity contribution in [3.63, 3.8) is 0 Å². The van der Waals surface area contributed by atoms with Crippen molar-refractivity contribution < 1.29 is 116 Å². The zero-order valence-corrected chi connectivity index (χ0v) is 73.5. The number of rotatable bonds is 19. The molecule has 24 heteroatoms. The number of hydrazone groups is 1. The Balaban J connectivity index is 0.00000125. The van der Waals surface area contributed by atoms with Gasteiger partial charge in [-0.3, -0.25) is 7.58 Å². The normalized spacial score (nSPS) is 14.4. The molecule has 3 fully saturated rings. The van der Waals surface area contributed by atoms with E-state index in [2.05, 4.69) is 113 Å². The van der Waals surface area contributed by atoms with Gasteiger partial charge in [-0.1, -0.05) is 159 Å². The van der Waals surface area contributed by atoms with E-state index in [9.17, 15) is 14.4 Å². The number of benzene rings is 2. The molecule has 3 amide bonds. The molecule has 2 radical (unpaired) electrons. The number of halogens is 3. The Kier molecular flexibility index (Phi) is 51.2. The van der Waals surface area contributed by atoms with E-state index >= 15 is 0 Å². The smallest absolute Gasteiger partial charge is 0.103 e. The summed E-state index contributed by atoms with van der Waals surface area (Å²) < 4.78 is 31.1. The van der Waals surface area contributed by atoms with Gasteiger partial charge in [-0.2, -0.15) is 15.3 Å². The molecule has 6 aromatic rings. The summed E-state index contributed by atoms with van der Waals surface area (Å²) >= 11 is 4.68. The van der Waals surface area contributed by atoms with Gasteiger partial charge in [0.15, 0.2) is 0 Å². The van der Waals surface area contributed by atoms with Crippen LogP contribution in [0.1, 0.15) is 208 Å². The summed E-state index contributed by atoms with van der Waals surface area (Å²) in [5, 5.41) is 15.6. The van der Waals surface area contributed by atoms with Gasteiger partial charge in [-0.15, -0.1) is 0 Å². The van der Waals surface area contributed by atoms with Crippen molar-refractivity contribution in [1.82, 2.24) is 49.9 Å². The van der Waals surface area contributed by atoms with Crippen LogP contribution in [-0.2, 0) is 119 Å². The van der Waals surface area contributed by atoms with Gasteiger partial charge >= 0.3 is 74.8 Å². The topological polar surface area (TPSA) is 181 Å². The molecule has 0 bridgehead atoms. The summed E-state index contributed by atoms with van der Waals surface area (Å²) in [6.07, 6.45) is 32.1. The zero-order valence-electron chi connectivity index (χ0n) is 61.3. The molecular weight excluding hydrogens is 1720 g/mol. The minimum atomic E-state index is -0.522. The molecule has 4 aliphatic rings. The Hall–Kier alpha value is -3.04. The van der Waals surface area contributed by atoms with E-state index in [-0.39, 0.29) is 110 Å². The zero-order chi connectivity index (χ0) is 68.0. The van der Waals surface area contributed by atoms with Crippen molar-refractivity contribution in [2.75, 3.05) is 27.2 Å². The molecule has 2 aromatic carbocycles. The summed E-state index contributed by atoms with van der Waals surface area (Å²) in [4.78, 5) is 47.1. The summed E-state index contributed by atoms with van der Waals surface area (Å²) in [6, 6.07) is 24.6. The first-order valence-corrected chi connectivity index (χ1v) is 42.0. The predicted molar refractivity (Wildman–Crippen MR) is 399 cm³/mol. The largest absolute Gasteiger partial charge is 0.358 e. The quantitative estimate of drug-likeness (QED) is 0.0556. The van der Waals surface area contributed by atoms with Crippen LogP contribution in [0.4, 0.5) is 9.59 Å². The Morgan fingerprint density at radius 2 is 1.01 bits per heavy atom. The van der Waals surface area contributed by atoms with Crippen LogP contribution in [0.25, 0.3) is 0 Å². The van der Waals surface area contributed by atoms with Crippen molar-refractivity contribution in [3.8, 4) is 11.8 Å². The maximum Gasteiger partial charge on any atom is 0.103 e. The monoisotopic (exact) mass is 1830 g/mol. The van der Waals surface area contributed by atoms with Crippen LogP contribution in [0.5, 0.6) is 11.8 Å². The third-order valence-electron chi connectivity index (χ3n) is 15.2. The van der Waals surface area contributed by atoms with E-state index in [1.165, 1.54) is 107 Å². The average Bonchev–Trinajstić information content (AvgIpc) is 1.72. The second-order valence-electron chi connectivity index (χ2n) is 25.5. The van der Waals surface area contributed by atoms with Gasteiger partial charge in [0.25, 0.3) is 0 Å². The van der Waals surface area contributed by atoms with Gasteiger partial charge in [0.1, 0.15) is 30.7 Å². The first-order chi connectivity index (χ1) is 44.7. The van der Waals surface area contributed by atoms with Crippen LogP contribution in [-0.4, -0.2) is 112 Å². The SMILES string of the molecule is CC.CC.CCCc1cc(OCc2ccccc2)n(CC2CCCCC2)n1.CN(CC1=NN(CC2CCCCC2)C(=O)C1)C(=O)OC(C)(C)C.CN(Cc1cc(OCc2ccccc2)n(CC2CCCCC2)n1)C(=O)OC(C)(C)C.I[I-]n1ccnc1.In1ccnc1.[CH3-].[CH3-].[Y].[Y]. The molecule has 1 aliphatic heterocycles. The molecule has 4 aromatic heterocycles. The van der Waals surface area contributed by atoms with Crippen molar-refractivity contribution in [3.05, 3.63) is 148 Å². The molecule has 3 aliphatic carbocycles. The molecule has 10 rings (SSSR count). The van der Waals surface area contributed by atoms with Crippen LogP contribution < -0.4 is 27.0 Å². The second kappa shape index (κ2) is 52.8. The fourth-order valence-corrected chi connectivity index (χ4v) is 13.0. The fourth-order valence-electron chi connectivity index (χ4n) is 10.8. The van der Waals surface area contributed by atoms with E-state index in [1.807, 2.05) is 126 Å². The summed E-state index contributed by atoms with van der Waals surface area (Å²) in [7, 11) is 3.41. The minimum absolute atomic E-state index is 0. The summed E-state index contributed by atoms with van der Waals surface area (Å²) in [5.41, 5.74) is 3.99. The molecule has 0 unspecified atom stereocenters. The first-order valence-electron chi connectivity index (χ1n) is 33.8. The number of amides is 3. The van der Waals surface area contributed by atoms with Gasteiger partial charge in [-0.25, -0.2) is 28.9 Å². The number of imidazole rings is 2. The van der Waals surface area contributed by atoms with E-state index in [1.54, 1.807) is 42.7 Å². The van der Waals surface area contributed by atoms with Crippen LogP contribution in [0.15, 0.2) is 115 Å². The van der Waals surface area contributed by atoms with E-state index < -0.39 is 17.3 Å². The molecule has 97 heavy (non-hydrogen) atoms. The fraction of sp³-hybridized carbons (Fsp3) is 0.589. The number of ether oxygens (including phenoxy) is 4. The third-order valence-corrected chi connectivity index (χ3v) is 19.6. The van der Waals surface area contributed by atoms with Crippen LogP contribution >= 0.6 is 41.5 Å². The maximum atomic E-state index is 12.3. The standard InChI is InChI=1S/C24H35N3O3.C20H28N2O.C17H29N3O3.C3H3I2N2.C3H3IN2.2C2H6.2CH3.2Y/c1-24(2,3)30-23(28)26(4)17-21-15-22(29-18-20-13-9-6-10-14-20)27(25-21)16-19-11-7-5-8-12-19;1-2-9-19-14-20(23-16-18-12-7-4-8-13-18)22(21-19)15-17-10-5-3-6-11-17;1-17(2,3)23-16(22)19(4)12-14-10-15(21)20(18-14)11-13-8-6-5-7-9-13;4-5-7-2-1-6-3-7;4-6-2-1-5-3-6;2*1-2;;;;/h6,9-10,13-15,19H,5,7-8,11-12,16-18H2,1-4H3;4,7-8,12-14,17H,2-3,5-6,9-11,15-16H2,1H3;13H,5-12H2,1-4H3;1-3H;1-3H;2*1-2H3;2*1H3;;/q;;;-1;;;;2*-1;;. The number of aromatic nitrogens is 8. The van der Waals surface area contributed by atoms with Crippen molar-refractivity contribution >= 4 is 65.3 Å². The van der Waals surface area contributed by atoms with Gasteiger partial charge < -0.3 is 43.6 Å². The van der Waals surface area contributed by atoms with Crippen LogP contribution in [0.2, 0.25) is 0 Å². The van der Waals surface area contributed by atoms with Gasteiger partial charge in [0.2, 0.25) is 17.7 Å². The Labute approximate surface area is 669 Å². The summed E-state index contributed by atoms with van der Waals surface area (Å²) in [6.45, 7) is 25.7. The molecular formula is C73H116I3N12O7Y2-3. The molecule has 3 saturated carbocycles. The Morgan fingerprint density at radius 3 is 1.38 bits per heavy atom. The van der Waals surface area contributed by atoms with Crippen molar-refractivity contribution in [2.24, 2.45) is 22.9 Å². The minimum Gasteiger partial charge on any atom is -0.358 e. The van der Waals surface area contributed by atoms with E-state index in [4.69, 9.17) is 29.1 Å². The number of carbonyl (C=O) groups excluding carboxylic acids is 3. The van der Waals surface area contributed by atoms with Gasteiger partial charge in [-0.05, 0) is 115 Å². The molecule has 0 N–H and O–H groups in total. The number of aryl methyl sites for hydroxylation is 1. The van der Waals surface area contributed by atoms with Gasteiger partial charge in [0.05, 0.1) is 59.5 Å². The number of nitrogens with zero attached hydrogens (tertiary/aromatic N) is 12. The van der Waals surface area contributed by atoms with Crippen molar-refractivity contribution in [2.45, 2.75) is 236 Å². The molecule has 0 saturated heterocycles. The second-order valence-corrected chi connectivity index (χ2v) is 30.5.